The zero-order chi connectivity index (χ0) is 14.8. The Morgan fingerprint density at radius 2 is 2.23 bits per heavy atom. The Morgan fingerprint density at radius 1 is 1.32 bits per heavy atom. The highest BCUT2D eigenvalue weighted by molar-refractivity contribution is 7.80. The van der Waals surface area contributed by atoms with Gasteiger partial charge in [-0.2, -0.15) is 0 Å². The van der Waals surface area contributed by atoms with E-state index in [9.17, 15) is 0 Å². The van der Waals surface area contributed by atoms with E-state index in [2.05, 4.69) is 47.6 Å². The van der Waals surface area contributed by atoms with E-state index in [4.69, 9.17) is 0 Å². The van der Waals surface area contributed by atoms with Crippen LogP contribution in [0.15, 0.2) is 23.1 Å². The van der Waals surface area contributed by atoms with E-state index in [0.29, 0.717) is 0 Å². The van der Waals surface area contributed by atoms with Crippen LogP contribution in [0.3, 0.4) is 0 Å². The molecule has 2 nitrogen and oxygen atoms in total. The Labute approximate surface area is 137 Å². The SMILES string of the molecule is CCC1CC2CC3c4[nH]c5ccc(S)cc5c4CCN(C2)C13. The number of hydrogen-bond donors (Lipinski definition) is 2. The van der Waals surface area contributed by atoms with E-state index >= 15 is 0 Å². The highest BCUT2D eigenvalue weighted by atomic mass is 32.1. The molecule has 1 saturated carbocycles. The Balaban J connectivity index is 1.69. The maximum atomic E-state index is 4.55. The largest absolute Gasteiger partial charge is 0.358 e. The van der Waals surface area contributed by atoms with Gasteiger partial charge in [0.2, 0.25) is 0 Å². The third-order valence-corrected chi connectivity index (χ3v) is 6.78. The van der Waals surface area contributed by atoms with Gasteiger partial charge in [0.15, 0.2) is 0 Å². The summed E-state index contributed by atoms with van der Waals surface area (Å²) in [6, 6.07) is 7.35. The van der Waals surface area contributed by atoms with Gasteiger partial charge in [-0.25, -0.2) is 0 Å². The lowest BCUT2D eigenvalue weighted by Gasteiger charge is -2.53. The standard InChI is InChI=1S/C19H24N2S/c1-2-12-7-11-8-16-18-14(5-6-21(10-11)19(12)16)15-9-13(22)3-4-17(15)20-18/h3-4,9,11-12,16,19-20,22H,2,5-8,10H2,1H3. The summed E-state index contributed by atoms with van der Waals surface area (Å²) < 4.78 is 0. The van der Waals surface area contributed by atoms with Crippen LogP contribution in [0.1, 0.15) is 43.4 Å². The Hall–Kier alpha value is -0.930. The fourth-order valence-electron chi connectivity index (χ4n) is 5.68. The highest BCUT2D eigenvalue weighted by Gasteiger charge is 2.48. The highest BCUT2D eigenvalue weighted by Crippen LogP contribution is 2.51. The normalized spacial score (nSPS) is 36.4. The summed E-state index contributed by atoms with van der Waals surface area (Å²) >= 11 is 4.55. The molecule has 3 heteroatoms. The zero-order valence-corrected chi connectivity index (χ0v) is 14.1. The maximum Gasteiger partial charge on any atom is 0.0459 e. The van der Waals surface area contributed by atoms with Gasteiger partial charge in [0, 0.05) is 46.5 Å². The van der Waals surface area contributed by atoms with Crippen molar-refractivity contribution in [1.29, 1.82) is 0 Å². The van der Waals surface area contributed by atoms with Crippen molar-refractivity contribution in [3.63, 3.8) is 0 Å². The second kappa shape index (κ2) is 4.78. The van der Waals surface area contributed by atoms with Crippen LogP contribution in [0.4, 0.5) is 0 Å². The molecule has 1 N–H and O–H groups in total. The lowest BCUT2D eigenvalue weighted by Crippen LogP contribution is -2.56. The molecule has 5 unspecified atom stereocenters. The molecule has 0 amide bonds. The first kappa shape index (κ1) is 13.5. The van der Waals surface area contributed by atoms with E-state index in [1.165, 1.54) is 49.7 Å². The molecular weight excluding hydrogens is 288 g/mol. The van der Waals surface area contributed by atoms with Crippen molar-refractivity contribution in [3.8, 4) is 0 Å². The number of H-pyrrole nitrogens is 1. The number of fused-ring (bicyclic) bond motifs is 4. The van der Waals surface area contributed by atoms with Crippen LogP contribution in [0.5, 0.6) is 0 Å². The van der Waals surface area contributed by atoms with E-state index in [1.807, 2.05) is 0 Å². The average molecular weight is 312 g/mol. The van der Waals surface area contributed by atoms with Crippen molar-refractivity contribution in [2.45, 2.75) is 49.5 Å². The number of piperidine rings is 2. The summed E-state index contributed by atoms with van der Waals surface area (Å²) in [7, 11) is 0. The molecular formula is C19H24N2S. The van der Waals surface area contributed by atoms with Crippen LogP contribution in [0, 0.1) is 11.8 Å². The van der Waals surface area contributed by atoms with Crippen molar-refractivity contribution in [1.82, 2.24) is 9.88 Å². The number of aromatic nitrogens is 1. The van der Waals surface area contributed by atoms with Crippen molar-refractivity contribution in [3.05, 3.63) is 29.5 Å². The molecule has 5 atom stereocenters. The van der Waals surface area contributed by atoms with Gasteiger partial charge in [-0.1, -0.05) is 13.3 Å². The van der Waals surface area contributed by atoms with Crippen LogP contribution in [-0.4, -0.2) is 29.0 Å². The molecule has 116 valence electrons. The molecule has 1 aromatic carbocycles. The molecule has 4 bridgehead atoms. The first-order chi connectivity index (χ1) is 10.7. The minimum Gasteiger partial charge on any atom is -0.358 e. The summed E-state index contributed by atoms with van der Waals surface area (Å²) in [5.41, 5.74) is 4.45. The minimum absolute atomic E-state index is 0.728. The van der Waals surface area contributed by atoms with E-state index in [-0.39, 0.29) is 0 Å². The number of thiol groups is 1. The maximum absolute atomic E-state index is 4.55. The molecule has 2 saturated heterocycles. The van der Waals surface area contributed by atoms with Crippen LogP contribution >= 0.6 is 12.6 Å². The van der Waals surface area contributed by atoms with Gasteiger partial charge >= 0.3 is 0 Å². The van der Waals surface area contributed by atoms with Crippen LogP contribution in [0.2, 0.25) is 0 Å². The smallest absolute Gasteiger partial charge is 0.0459 e. The molecule has 2 aromatic rings. The molecule has 4 heterocycles. The van der Waals surface area contributed by atoms with Crippen molar-refractivity contribution >= 4 is 23.5 Å². The van der Waals surface area contributed by atoms with E-state index < -0.39 is 0 Å². The lowest BCUT2D eigenvalue weighted by molar-refractivity contribution is -0.0134. The van der Waals surface area contributed by atoms with E-state index in [0.717, 1.165) is 28.7 Å². The fraction of sp³-hybridized carbons (Fsp3) is 0.579. The van der Waals surface area contributed by atoms with Gasteiger partial charge in [-0.3, -0.25) is 4.90 Å². The fourth-order valence-corrected chi connectivity index (χ4v) is 5.88. The van der Waals surface area contributed by atoms with Gasteiger partial charge in [-0.15, -0.1) is 12.6 Å². The summed E-state index contributed by atoms with van der Waals surface area (Å²) in [5.74, 6) is 2.54. The average Bonchev–Trinajstić information content (AvgIpc) is 2.85. The monoisotopic (exact) mass is 312 g/mol. The zero-order valence-electron chi connectivity index (χ0n) is 13.2. The van der Waals surface area contributed by atoms with Crippen LogP contribution in [-0.2, 0) is 6.42 Å². The first-order valence-electron chi connectivity index (χ1n) is 8.82. The Kier molecular flexibility index (Phi) is 2.93. The third-order valence-electron chi connectivity index (χ3n) is 6.50. The van der Waals surface area contributed by atoms with Crippen molar-refractivity contribution < 1.29 is 0 Å². The Morgan fingerprint density at radius 3 is 3.09 bits per heavy atom. The van der Waals surface area contributed by atoms with Gasteiger partial charge in [0.25, 0.3) is 0 Å². The predicted octanol–water partition coefficient (Wildman–Crippen LogP) is 4.22. The summed E-state index contributed by atoms with van der Waals surface area (Å²) in [6.45, 7) is 4.97. The molecule has 22 heavy (non-hydrogen) atoms. The molecule has 1 aliphatic carbocycles. The van der Waals surface area contributed by atoms with Gasteiger partial charge in [0.05, 0.1) is 0 Å². The minimum atomic E-state index is 0.728. The number of rotatable bonds is 1. The summed E-state index contributed by atoms with van der Waals surface area (Å²) in [4.78, 5) is 7.71. The topological polar surface area (TPSA) is 19.0 Å². The van der Waals surface area contributed by atoms with Gasteiger partial charge in [-0.05, 0) is 54.9 Å². The first-order valence-corrected chi connectivity index (χ1v) is 9.27. The Bertz CT molecular complexity index is 734. The summed E-state index contributed by atoms with van der Waals surface area (Å²) in [5, 5.41) is 1.42. The molecule has 0 spiro atoms. The molecule has 3 fully saturated rings. The molecule has 1 aromatic heterocycles. The third kappa shape index (κ3) is 1.78. The number of benzene rings is 1. The summed E-state index contributed by atoms with van der Waals surface area (Å²) in [6.07, 6.45) is 5.39. The van der Waals surface area contributed by atoms with Crippen LogP contribution in [0.25, 0.3) is 10.9 Å². The number of hydrogen-bond acceptors (Lipinski definition) is 2. The molecule has 4 aliphatic rings. The number of aromatic amines is 1. The number of nitrogens with zero attached hydrogens (tertiary/aromatic N) is 1. The predicted molar refractivity (Wildman–Crippen MR) is 93.9 cm³/mol. The van der Waals surface area contributed by atoms with E-state index in [1.54, 1.807) is 11.3 Å². The number of nitrogens with one attached hydrogen (secondary N) is 1. The quantitative estimate of drug-likeness (QED) is 0.755. The molecule has 6 rings (SSSR count). The van der Waals surface area contributed by atoms with Gasteiger partial charge in [0.1, 0.15) is 0 Å². The van der Waals surface area contributed by atoms with Crippen molar-refractivity contribution in [2.24, 2.45) is 11.8 Å². The van der Waals surface area contributed by atoms with Crippen LogP contribution < -0.4 is 0 Å². The second-order valence-electron chi connectivity index (χ2n) is 7.59. The second-order valence-corrected chi connectivity index (χ2v) is 8.11. The van der Waals surface area contributed by atoms with Gasteiger partial charge < -0.3 is 4.98 Å². The lowest BCUT2D eigenvalue weighted by atomic mass is 9.65. The van der Waals surface area contributed by atoms with Crippen molar-refractivity contribution in [2.75, 3.05) is 13.1 Å². The molecule has 0 radical (unpaired) electrons. The molecule has 3 aliphatic heterocycles.